The quantitative estimate of drug-likeness (QED) is 0.225. The summed E-state index contributed by atoms with van der Waals surface area (Å²) in [4.78, 5) is 64.6. The molecule has 2 aromatic rings. The highest BCUT2D eigenvalue weighted by Crippen LogP contribution is 2.30. The van der Waals surface area contributed by atoms with Gasteiger partial charge in [0.05, 0.1) is 11.5 Å². The van der Waals surface area contributed by atoms with Crippen LogP contribution in [0.3, 0.4) is 0 Å². The molecule has 14 heteroatoms. The molecule has 2 aliphatic heterocycles. The second kappa shape index (κ2) is 11.5. The number of nitrogens with one attached hydrogen (secondary N) is 2. The smallest absolute Gasteiger partial charge is 0.534 e. The van der Waals surface area contributed by atoms with E-state index in [9.17, 15) is 39.2 Å². The molecular formula is C25H27BN4O9. The van der Waals surface area contributed by atoms with Crippen molar-refractivity contribution in [1.82, 2.24) is 20.4 Å². The van der Waals surface area contributed by atoms with Gasteiger partial charge in [0, 0.05) is 19.6 Å². The first kappa shape index (κ1) is 27.6. The molecule has 2 heterocycles. The number of urea groups is 1. The summed E-state index contributed by atoms with van der Waals surface area (Å²) in [5, 5.41) is 35.8. The topological polar surface area (TPSA) is 186 Å². The van der Waals surface area contributed by atoms with Gasteiger partial charge in [-0.1, -0.05) is 42.5 Å². The molecule has 0 radical (unpaired) electrons. The third-order valence-corrected chi connectivity index (χ3v) is 6.63. The molecule has 39 heavy (non-hydrogen) atoms. The minimum atomic E-state index is -1.63. The number of fused-ring (bicyclic) bond motifs is 1. The van der Waals surface area contributed by atoms with Crippen molar-refractivity contribution in [3.05, 3.63) is 65.2 Å². The summed E-state index contributed by atoms with van der Waals surface area (Å²) >= 11 is 0. The first-order chi connectivity index (χ1) is 18.6. The van der Waals surface area contributed by atoms with E-state index in [0.29, 0.717) is 17.0 Å². The minimum absolute atomic E-state index is 0.00256. The Balaban J connectivity index is 1.55. The molecule has 2 aromatic carbocycles. The van der Waals surface area contributed by atoms with Gasteiger partial charge in [0.2, 0.25) is 5.91 Å². The van der Waals surface area contributed by atoms with Gasteiger partial charge in [-0.3, -0.25) is 19.3 Å². The van der Waals surface area contributed by atoms with Crippen molar-refractivity contribution in [3.63, 3.8) is 0 Å². The number of aromatic carboxylic acids is 1. The van der Waals surface area contributed by atoms with Crippen LogP contribution in [0, 0.1) is 0 Å². The minimum Gasteiger partial charge on any atom is -0.534 e. The van der Waals surface area contributed by atoms with E-state index in [1.807, 2.05) is 0 Å². The summed E-state index contributed by atoms with van der Waals surface area (Å²) in [6.45, 7) is 2.01. The molecule has 1 fully saturated rings. The number of rotatable bonds is 7. The fourth-order valence-corrected chi connectivity index (χ4v) is 4.50. The summed E-state index contributed by atoms with van der Waals surface area (Å²) in [7, 11) is -1.63. The number of hydrogen-bond donors (Lipinski definition) is 5. The molecule has 13 nitrogen and oxygen atoms in total. The van der Waals surface area contributed by atoms with Crippen molar-refractivity contribution in [2.75, 3.05) is 19.6 Å². The molecule has 4 rings (SSSR count). The third kappa shape index (κ3) is 5.71. The lowest BCUT2D eigenvalue weighted by molar-refractivity contribution is -0.153. The number of aliphatic hydroxyl groups excluding tert-OH is 1. The van der Waals surface area contributed by atoms with Gasteiger partial charge >= 0.3 is 30.9 Å². The van der Waals surface area contributed by atoms with Gasteiger partial charge in [-0.15, -0.1) is 0 Å². The number of likely N-dealkylation sites (N-methyl/N-ethyl adjacent to an activating group) is 1. The molecular weight excluding hydrogens is 511 g/mol. The molecule has 2 aliphatic rings. The summed E-state index contributed by atoms with van der Waals surface area (Å²) in [5.41, 5.74) is 0.559. The number of benzene rings is 2. The van der Waals surface area contributed by atoms with Gasteiger partial charge in [-0.25, -0.2) is 9.59 Å². The van der Waals surface area contributed by atoms with Gasteiger partial charge in [-0.05, 0) is 30.5 Å². The van der Waals surface area contributed by atoms with Crippen LogP contribution in [0.4, 0.5) is 4.79 Å². The number of carbonyl (C=O) groups excluding carboxylic acids is 4. The van der Waals surface area contributed by atoms with Crippen LogP contribution in [0.25, 0.3) is 0 Å². The number of hydrogen-bond acceptors (Lipinski definition) is 8. The van der Waals surface area contributed by atoms with Crippen molar-refractivity contribution in [2.24, 2.45) is 0 Å². The van der Waals surface area contributed by atoms with Crippen molar-refractivity contribution < 1.29 is 43.9 Å². The van der Waals surface area contributed by atoms with Crippen molar-refractivity contribution in [1.29, 1.82) is 0 Å². The van der Waals surface area contributed by atoms with Crippen LogP contribution in [0.1, 0.15) is 34.5 Å². The lowest BCUT2D eigenvalue weighted by atomic mass is 9.72. The Bertz CT molecular complexity index is 1290. The fraction of sp³-hybridized carbons (Fsp3) is 0.320. The van der Waals surface area contributed by atoms with Crippen LogP contribution in [0.5, 0.6) is 5.75 Å². The second-order valence-electron chi connectivity index (χ2n) is 9.05. The Labute approximate surface area is 223 Å². The van der Waals surface area contributed by atoms with E-state index in [-0.39, 0.29) is 36.4 Å². The van der Waals surface area contributed by atoms with E-state index in [0.717, 1.165) is 0 Å². The number of aliphatic hydroxyl groups is 1. The maximum absolute atomic E-state index is 13.4. The normalized spacial score (nSPS) is 18.5. The van der Waals surface area contributed by atoms with Gasteiger partial charge in [-0.2, -0.15) is 0 Å². The SMILES string of the molecule is CCN1CCN(C(=O)NC(C(=O)N[C@H]2Cc3cccc(C(=O)O)c3OB2O)C(O)c2ccccc2)C(=O)C1=O. The first-order valence-electron chi connectivity index (χ1n) is 12.3. The molecule has 0 aliphatic carbocycles. The maximum atomic E-state index is 13.4. The predicted octanol–water partition coefficient (Wildman–Crippen LogP) is -0.673. The molecule has 5 amide bonds. The number of imide groups is 1. The lowest BCUT2D eigenvalue weighted by Gasteiger charge is -2.34. The Morgan fingerprint density at radius 1 is 1.08 bits per heavy atom. The lowest BCUT2D eigenvalue weighted by Crippen LogP contribution is -2.62. The number of carboxylic acids is 1. The molecule has 0 saturated carbocycles. The monoisotopic (exact) mass is 538 g/mol. The number of amides is 5. The average Bonchev–Trinajstić information content (AvgIpc) is 2.93. The van der Waals surface area contributed by atoms with E-state index >= 15 is 0 Å². The van der Waals surface area contributed by atoms with Crippen LogP contribution < -0.4 is 15.3 Å². The van der Waals surface area contributed by atoms with Gasteiger partial charge < -0.3 is 35.4 Å². The second-order valence-corrected chi connectivity index (χ2v) is 9.05. The van der Waals surface area contributed by atoms with E-state index in [4.69, 9.17) is 4.65 Å². The molecule has 0 spiro atoms. The Morgan fingerprint density at radius 2 is 1.79 bits per heavy atom. The van der Waals surface area contributed by atoms with Crippen LogP contribution in [-0.2, 0) is 20.8 Å². The number of para-hydroxylation sites is 1. The largest absolute Gasteiger partial charge is 0.547 e. The maximum Gasteiger partial charge on any atom is 0.547 e. The van der Waals surface area contributed by atoms with Gasteiger partial charge in [0.25, 0.3) is 0 Å². The zero-order chi connectivity index (χ0) is 28.3. The summed E-state index contributed by atoms with van der Waals surface area (Å²) in [5.74, 6) is -5.15. The molecule has 5 N–H and O–H groups in total. The summed E-state index contributed by atoms with van der Waals surface area (Å²) in [6, 6.07) is 9.74. The van der Waals surface area contributed by atoms with Crippen molar-refractivity contribution in [2.45, 2.75) is 31.4 Å². The zero-order valence-corrected chi connectivity index (χ0v) is 20.9. The van der Waals surface area contributed by atoms with E-state index < -0.39 is 54.9 Å². The van der Waals surface area contributed by atoms with Gasteiger partial charge in [0.1, 0.15) is 17.9 Å². The molecule has 0 bridgehead atoms. The Hall–Kier alpha value is -4.43. The highest BCUT2D eigenvalue weighted by molar-refractivity contribution is 6.47. The summed E-state index contributed by atoms with van der Waals surface area (Å²) in [6.07, 6.45) is -1.57. The first-order valence-corrected chi connectivity index (χ1v) is 12.3. The predicted molar refractivity (Wildman–Crippen MR) is 135 cm³/mol. The average molecular weight is 538 g/mol. The number of carbonyl (C=O) groups is 5. The van der Waals surface area contributed by atoms with Crippen LogP contribution >= 0.6 is 0 Å². The number of piperazine rings is 1. The van der Waals surface area contributed by atoms with E-state index in [2.05, 4.69) is 10.6 Å². The number of nitrogens with zero attached hydrogens (tertiary/aromatic N) is 2. The van der Waals surface area contributed by atoms with Crippen LogP contribution in [0.2, 0.25) is 0 Å². The molecule has 204 valence electrons. The summed E-state index contributed by atoms with van der Waals surface area (Å²) < 4.78 is 5.40. The fourth-order valence-electron chi connectivity index (χ4n) is 4.50. The van der Waals surface area contributed by atoms with Crippen LogP contribution in [0.15, 0.2) is 48.5 Å². The highest BCUT2D eigenvalue weighted by atomic mass is 16.5. The molecule has 3 atom stereocenters. The number of carboxylic acid groups (broad SMARTS) is 1. The Morgan fingerprint density at radius 3 is 2.46 bits per heavy atom. The molecule has 2 unspecified atom stereocenters. The van der Waals surface area contributed by atoms with E-state index in [1.165, 1.54) is 29.2 Å². The molecule has 1 saturated heterocycles. The van der Waals surface area contributed by atoms with Crippen molar-refractivity contribution >= 4 is 36.8 Å². The standard InChI is InChI=1S/C25H27BN4O9/c1-2-29-11-12-30(23(34)22(29)33)25(37)28-18(19(31)14-7-4-3-5-8-14)21(32)27-17-13-15-9-6-10-16(24(35)36)20(15)39-26(17)38/h3-10,17-19,31,38H,2,11-13H2,1H3,(H,27,32)(H,28,37)(H,35,36)/t17-,18?,19?/m0/s1. The van der Waals surface area contributed by atoms with Crippen molar-refractivity contribution in [3.8, 4) is 5.75 Å². The molecule has 0 aromatic heterocycles. The zero-order valence-electron chi connectivity index (χ0n) is 20.9. The van der Waals surface area contributed by atoms with E-state index in [1.54, 1.807) is 31.2 Å². The van der Waals surface area contributed by atoms with Crippen LogP contribution in [-0.4, -0.2) is 93.5 Å². The van der Waals surface area contributed by atoms with Gasteiger partial charge in [0.15, 0.2) is 0 Å². The highest BCUT2D eigenvalue weighted by Gasteiger charge is 2.42. The third-order valence-electron chi connectivity index (χ3n) is 6.63. The Kier molecular flexibility index (Phi) is 8.16.